The second-order valence-electron chi connectivity index (χ2n) is 6.55. The molecule has 1 atom stereocenters. The van der Waals surface area contributed by atoms with Crippen molar-refractivity contribution in [3.8, 4) is 6.07 Å². The van der Waals surface area contributed by atoms with E-state index < -0.39 is 29.9 Å². The van der Waals surface area contributed by atoms with Crippen LogP contribution < -0.4 is 10.6 Å². The minimum atomic E-state index is -1.21. The average molecular weight is 362 g/mol. The number of nitriles is 1. The van der Waals surface area contributed by atoms with Crippen molar-refractivity contribution in [1.82, 2.24) is 10.2 Å². The Balaban J connectivity index is 1.72. The summed E-state index contributed by atoms with van der Waals surface area (Å²) < 4.78 is 0. The topological polar surface area (TPSA) is 102 Å². The van der Waals surface area contributed by atoms with Gasteiger partial charge in [-0.1, -0.05) is 29.8 Å². The maximum Gasteiger partial charge on any atom is 0.325 e. The number of urea groups is 1. The van der Waals surface area contributed by atoms with Crippen molar-refractivity contribution in [1.29, 1.82) is 5.26 Å². The predicted octanol–water partition coefficient (Wildman–Crippen LogP) is 2.27. The second kappa shape index (κ2) is 6.92. The van der Waals surface area contributed by atoms with Gasteiger partial charge in [-0.05, 0) is 43.7 Å². The molecule has 4 amide bonds. The van der Waals surface area contributed by atoms with E-state index in [1.807, 2.05) is 25.1 Å². The molecule has 0 aromatic heterocycles. The monoisotopic (exact) mass is 362 g/mol. The molecule has 1 heterocycles. The minimum Gasteiger partial charge on any atom is -0.325 e. The van der Waals surface area contributed by atoms with Crippen LogP contribution in [0, 0.1) is 18.3 Å². The standard InChI is InChI=1S/C20H18N4O3/c1-13-3-7-15(8-4-13)20(2)18(26)24(19(27)23-20)12-17(25)22-16-9-5-14(11-21)6-10-16/h3-10H,12H2,1-2H3,(H,22,25)(H,23,27). The summed E-state index contributed by atoms with van der Waals surface area (Å²) in [5, 5.41) is 14.1. The van der Waals surface area contributed by atoms with Gasteiger partial charge in [-0.2, -0.15) is 5.26 Å². The molecule has 0 bridgehead atoms. The molecule has 0 aliphatic carbocycles. The molecule has 2 N–H and O–H groups in total. The van der Waals surface area contributed by atoms with E-state index in [1.54, 1.807) is 43.3 Å². The molecule has 1 saturated heterocycles. The Morgan fingerprint density at radius 3 is 2.37 bits per heavy atom. The lowest BCUT2D eigenvalue weighted by molar-refractivity contribution is -0.133. The number of nitrogens with zero attached hydrogens (tertiary/aromatic N) is 2. The molecule has 1 aliphatic rings. The summed E-state index contributed by atoms with van der Waals surface area (Å²) in [5.41, 5.74) is 1.43. The Bertz CT molecular complexity index is 945. The number of anilines is 1. The van der Waals surface area contributed by atoms with Crippen LogP contribution in [0.1, 0.15) is 23.6 Å². The average Bonchev–Trinajstić information content (AvgIpc) is 2.87. The smallest absolute Gasteiger partial charge is 0.325 e. The number of nitrogens with one attached hydrogen (secondary N) is 2. The molecule has 7 heteroatoms. The molecule has 1 unspecified atom stereocenters. The fraction of sp³-hybridized carbons (Fsp3) is 0.200. The molecule has 0 radical (unpaired) electrons. The van der Waals surface area contributed by atoms with E-state index in [2.05, 4.69) is 10.6 Å². The number of hydrogen-bond donors (Lipinski definition) is 2. The van der Waals surface area contributed by atoms with E-state index in [0.717, 1.165) is 10.5 Å². The van der Waals surface area contributed by atoms with Gasteiger partial charge in [0.1, 0.15) is 12.1 Å². The fourth-order valence-corrected chi connectivity index (χ4v) is 2.90. The lowest BCUT2D eigenvalue weighted by Gasteiger charge is -2.22. The van der Waals surface area contributed by atoms with Gasteiger partial charge >= 0.3 is 6.03 Å². The van der Waals surface area contributed by atoms with Crippen molar-refractivity contribution >= 4 is 23.5 Å². The zero-order chi connectivity index (χ0) is 19.6. The first kappa shape index (κ1) is 18.1. The quantitative estimate of drug-likeness (QED) is 0.815. The van der Waals surface area contributed by atoms with Crippen molar-refractivity contribution in [2.24, 2.45) is 0 Å². The fourth-order valence-electron chi connectivity index (χ4n) is 2.90. The number of aryl methyl sites for hydroxylation is 1. The maximum atomic E-state index is 12.8. The summed E-state index contributed by atoms with van der Waals surface area (Å²) in [7, 11) is 0. The third-order valence-corrected chi connectivity index (χ3v) is 4.50. The van der Waals surface area contributed by atoms with E-state index in [0.29, 0.717) is 16.8 Å². The van der Waals surface area contributed by atoms with E-state index in [9.17, 15) is 14.4 Å². The lowest BCUT2D eigenvalue weighted by Crippen LogP contribution is -2.42. The minimum absolute atomic E-state index is 0.397. The number of benzene rings is 2. The molecule has 1 fully saturated rings. The van der Waals surface area contributed by atoms with Crippen LogP contribution in [-0.4, -0.2) is 29.3 Å². The molecule has 2 aromatic carbocycles. The first-order valence-electron chi connectivity index (χ1n) is 8.35. The van der Waals surface area contributed by atoms with Gasteiger partial charge in [-0.3, -0.25) is 14.5 Å². The molecule has 3 rings (SSSR count). The molecular formula is C20H18N4O3. The molecule has 27 heavy (non-hydrogen) atoms. The van der Waals surface area contributed by atoms with Crippen molar-refractivity contribution in [2.45, 2.75) is 19.4 Å². The second-order valence-corrected chi connectivity index (χ2v) is 6.55. The summed E-state index contributed by atoms with van der Waals surface area (Å²) >= 11 is 0. The van der Waals surface area contributed by atoms with Crippen LogP contribution in [0.25, 0.3) is 0 Å². The normalized spacial score (nSPS) is 18.8. The van der Waals surface area contributed by atoms with Crippen molar-refractivity contribution in [3.05, 3.63) is 65.2 Å². The zero-order valence-electron chi connectivity index (χ0n) is 14.9. The number of rotatable bonds is 4. The summed E-state index contributed by atoms with van der Waals surface area (Å²) in [4.78, 5) is 38.3. The molecular weight excluding hydrogens is 344 g/mol. The number of carbonyl (C=O) groups excluding carboxylic acids is 3. The van der Waals surface area contributed by atoms with Gasteiger partial charge in [0.25, 0.3) is 5.91 Å². The summed E-state index contributed by atoms with van der Waals surface area (Å²) in [5.74, 6) is -0.984. The first-order chi connectivity index (χ1) is 12.8. The molecule has 0 spiro atoms. The first-order valence-corrected chi connectivity index (χ1v) is 8.35. The molecule has 1 aliphatic heterocycles. The highest BCUT2D eigenvalue weighted by molar-refractivity contribution is 6.10. The highest BCUT2D eigenvalue weighted by Gasteiger charge is 2.49. The van der Waals surface area contributed by atoms with Gasteiger partial charge in [-0.15, -0.1) is 0 Å². The SMILES string of the molecule is Cc1ccc(C2(C)NC(=O)N(CC(=O)Nc3ccc(C#N)cc3)C2=O)cc1. The highest BCUT2D eigenvalue weighted by atomic mass is 16.2. The van der Waals surface area contributed by atoms with Crippen LogP contribution >= 0.6 is 0 Å². The van der Waals surface area contributed by atoms with E-state index in [1.165, 1.54) is 0 Å². The highest BCUT2D eigenvalue weighted by Crippen LogP contribution is 2.28. The van der Waals surface area contributed by atoms with E-state index >= 15 is 0 Å². The van der Waals surface area contributed by atoms with E-state index in [4.69, 9.17) is 5.26 Å². The number of amides is 4. The maximum absolute atomic E-state index is 12.8. The van der Waals surface area contributed by atoms with Gasteiger partial charge in [-0.25, -0.2) is 4.79 Å². The largest absolute Gasteiger partial charge is 0.325 e. The third kappa shape index (κ3) is 3.51. The van der Waals surface area contributed by atoms with Crippen LogP contribution in [0.3, 0.4) is 0 Å². The molecule has 0 saturated carbocycles. The summed E-state index contributed by atoms with van der Waals surface area (Å²) in [6, 6.07) is 15.0. The van der Waals surface area contributed by atoms with Crippen LogP contribution in [0.4, 0.5) is 10.5 Å². The van der Waals surface area contributed by atoms with Crippen molar-refractivity contribution < 1.29 is 14.4 Å². The number of imide groups is 1. The van der Waals surface area contributed by atoms with Gasteiger partial charge in [0.2, 0.25) is 5.91 Å². The third-order valence-electron chi connectivity index (χ3n) is 4.50. The Hall–Kier alpha value is -3.66. The predicted molar refractivity (Wildman–Crippen MR) is 98.6 cm³/mol. The Morgan fingerprint density at radius 2 is 1.78 bits per heavy atom. The Kier molecular flexibility index (Phi) is 4.65. The van der Waals surface area contributed by atoms with Crippen molar-refractivity contribution in [2.75, 3.05) is 11.9 Å². The van der Waals surface area contributed by atoms with Gasteiger partial charge in [0, 0.05) is 5.69 Å². The lowest BCUT2D eigenvalue weighted by atomic mass is 9.91. The van der Waals surface area contributed by atoms with Crippen LogP contribution in [-0.2, 0) is 15.1 Å². The van der Waals surface area contributed by atoms with Gasteiger partial charge < -0.3 is 10.6 Å². The summed E-state index contributed by atoms with van der Waals surface area (Å²) in [6.45, 7) is 3.16. The zero-order valence-corrected chi connectivity index (χ0v) is 14.9. The molecule has 2 aromatic rings. The van der Waals surface area contributed by atoms with Crippen LogP contribution in [0.15, 0.2) is 48.5 Å². The number of carbonyl (C=O) groups is 3. The molecule has 7 nitrogen and oxygen atoms in total. The van der Waals surface area contributed by atoms with Gasteiger partial charge in [0.15, 0.2) is 0 Å². The van der Waals surface area contributed by atoms with Crippen LogP contribution in [0.2, 0.25) is 0 Å². The van der Waals surface area contributed by atoms with Crippen LogP contribution in [0.5, 0.6) is 0 Å². The van der Waals surface area contributed by atoms with Gasteiger partial charge in [0.05, 0.1) is 11.6 Å². The molecule has 136 valence electrons. The van der Waals surface area contributed by atoms with E-state index in [-0.39, 0.29) is 0 Å². The van der Waals surface area contributed by atoms with Crippen molar-refractivity contribution in [3.63, 3.8) is 0 Å². The Labute approximate surface area is 156 Å². The number of hydrogen-bond acceptors (Lipinski definition) is 4. The summed E-state index contributed by atoms with van der Waals surface area (Å²) in [6.07, 6.45) is 0. The Morgan fingerprint density at radius 1 is 1.15 bits per heavy atom.